The Morgan fingerprint density at radius 3 is 2.09 bits per heavy atom. The summed E-state index contributed by atoms with van der Waals surface area (Å²) in [5.41, 5.74) is -0.768. The minimum atomic E-state index is -1.12. The van der Waals surface area contributed by atoms with Crippen molar-refractivity contribution in [2.75, 3.05) is 6.61 Å². The van der Waals surface area contributed by atoms with Crippen LogP contribution in [0.2, 0.25) is 0 Å². The maximum absolute atomic E-state index is 12.1. The van der Waals surface area contributed by atoms with E-state index in [1.54, 1.807) is 19.1 Å². The molecule has 2 amide bonds. The first-order chi connectivity index (χ1) is 10.8. The molecule has 0 fully saturated rings. The van der Waals surface area contributed by atoms with Crippen molar-refractivity contribution < 1.29 is 28.8 Å². The molecule has 1 aliphatic heterocycles. The minimum absolute atomic E-state index is 0.176. The molecule has 1 heterocycles. The van der Waals surface area contributed by atoms with Crippen LogP contribution in [-0.2, 0) is 19.2 Å². The predicted octanol–water partition coefficient (Wildman–Crippen LogP) is 1.72. The predicted molar refractivity (Wildman–Crippen MR) is 78.1 cm³/mol. The van der Waals surface area contributed by atoms with Gasteiger partial charge in [0.1, 0.15) is 0 Å². The molecular formula is C16H17NO6. The summed E-state index contributed by atoms with van der Waals surface area (Å²) in [5, 5.41) is 0.425. The van der Waals surface area contributed by atoms with Gasteiger partial charge in [-0.3, -0.25) is 14.4 Å². The van der Waals surface area contributed by atoms with Crippen LogP contribution in [0.3, 0.4) is 0 Å². The fourth-order valence-electron chi connectivity index (χ4n) is 2.14. The number of ether oxygens (including phenoxy) is 1. The van der Waals surface area contributed by atoms with Crippen molar-refractivity contribution in [3.05, 3.63) is 35.4 Å². The van der Waals surface area contributed by atoms with E-state index in [-0.39, 0.29) is 24.2 Å². The highest BCUT2D eigenvalue weighted by Gasteiger charge is 2.40. The Balaban J connectivity index is 2.06. The summed E-state index contributed by atoms with van der Waals surface area (Å²) in [7, 11) is 0. The number of rotatable bonds is 5. The molecule has 0 spiro atoms. The van der Waals surface area contributed by atoms with Crippen molar-refractivity contribution in [3.63, 3.8) is 0 Å². The zero-order chi connectivity index (χ0) is 17.2. The standard InChI is InChI=1S/C16H17NO6/c1-4-22-15(21)16(2,3)9-12(18)23-17-13(19)10-7-5-6-8-11(10)14(17)20/h5-8H,4,9H2,1-3H3. The maximum Gasteiger partial charge on any atom is 0.334 e. The number of hydrogen-bond donors (Lipinski definition) is 0. The third kappa shape index (κ3) is 3.23. The van der Waals surface area contributed by atoms with Gasteiger partial charge in [0.15, 0.2) is 0 Å². The zero-order valence-electron chi connectivity index (χ0n) is 13.1. The van der Waals surface area contributed by atoms with Crippen molar-refractivity contribution in [2.24, 2.45) is 5.41 Å². The lowest BCUT2D eigenvalue weighted by Gasteiger charge is -2.22. The fraction of sp³-hybridized carbons (Fsp3) is 0.375. The van der Waals surface area contributed by atoms with Crippen molar-refractivity contribution in [1.82, 2.24) is 5.06 Å². The molecule has 0 saturated heterocycles. The van der Waals surface area contributed by atoms with Crippen LogP contribution in [0.1, 0.15) is 47.9 Å². The molecule has 2 rings (SSSR count). The van der Waals surface area contributed by atoms with E-state index in [9.17, 15) is 19.2 Å². The monoisotopic (exact) mass is 319 g/mol. The lowest BCUT2D eigenvalue weighted by molar-refractivity contribution is -0.175. The van der Waals surface area contributed by atoms with Gasteiger partial charge < -0.3 is 9.57 Å². The summed E-state index contributed by atoms with van der Waals surface area (Å²) in [6.45, 7) is 4.89. The van der Waals surface area contributed by atoms with Crippen molar-refractivity contribution in [2.45, 2.75) is 27.2 Å². The third-order valence-electron chi connectivity index (χ3n) is 3.36. The zero-order valence-corrected chi connectivity index (χ0v) is 13.1. The molecule has 0 atom stereocenters. The van der Waals surface area contributed by atoms with Gasteiger partial charge in [0.05, 0.1) is 29.6 Å². The van der Waals surface area contributed by atoms with Crippen molar-refractivity contribution in [3.8, 4) is 0 Å². The molecule has 0 aromatic heterocycles. The minimum Gasteiger partial charge on any atom is -0.466 e. The number of fused-ring (bicyclic) bond motifs is 1. The summed E-state index contributed by atoms with van der Waals surface area (Å²) in [6.07, 6.45) is -0.320. The Kier molecular flexibility index (Phi) is 4.49. The summed E-state index contributed by atoms with van der Waals surface area (Å²) in [4.78, 5) is 52.8. The average molecular weight is 319 g/mol. The van der Waals surface area contributed by atoms with Gasteiger partial charge >= 0.3 is 11.9 Å². The van der Waals surface area contributed by atoms with Gasteiger partial charge in [-0.05, 0) is 32.9 Å². The number of hydroxylamine groups is 2. The lowest BCUT2D eigenvalue weighted by atomic mass is 9.90. The number of imide groups is 1. The number of esters is 1. The molecule has 7 nitrogen and oxygen atoms in total. The molecular weight excluding hydrogens is 302 g/mol. The van der Waals surface area contributed by atoms with Crippen LogP contribution in [0.25, 0.3) is 0 Å². The van der Waals surface area contributed by atoms with Gasteiger partial charge in [-0.1, -0.05) is 17.2 Å². The number of benzene rings is 1. The maximum atomic E-state index is 12.1. The normalized spacial score (nSPS) is 13.8. The molecule has 1 aliphatic rings. The highest BCUT2D eigenvalue weighted by Crippen LogP contribution is 2.26. The van der Waals surface area contributed by atoms with E-state index in [1.807, 2.05) is 0 Å². The first kappa shape index (κ1) is 16.7. The van der Waals surface area contributed by atoms with Gasteiger partial charge in [0.2, 0.25) is 0 Å². The summed E-state index contributed by atoms with van der Waals surface area (Å²) in [6, 6.07) is 6.18. The van der Waals surface area contributed by atoms with Crippen molar-refractivity contribution in [1.29, 1.82) is 0 Å². The molecule has 0 N–H and O–H groups in total. The number of carbonyl (C=O) groups is 4. The van der Waals surface area contributed by atoms with E-state index >= 15 is 0 Å². The smallest absolute Gasteiger partial charge is 0.334 e. The molecule has 7 heteroatoms. The largest absolute Gasteiger partial charge is 0.466 e. The first-order valence-electron chi connectivity index (χ1n) is 7.13. The average Bonchev–Trinajstić information content (AvgIpc) is 2.72. The fourth-order valence-corrected chi connectivity index (χ4v) is 2.14. The van der Waals surface area contributed by atoms with Gasteiger partial charge in [0, 0.05) is 0 Å². The van der Waals surface area contributed by atoms with Crippen LogP contribution < -0.4 is 0 Å². The summed E-state index contributed by atoms with van der Waals surface area (Å²) in [5.74, 6) is -2.82. The van der Waals surface area contributed by atoms with E-state index in [4.69, 9.17) is 9.57 Å². The SMILES string of the molecule is CCOC(=O)C(C)(C)CC(=O)ON1C(=O)c2ccccc2C1=O. The Labute approximate surface area is 133 Å². The Morgan fingerprint density at radius 2 is 1.61 bits per heavy atom. The van der Waals surface area contributed by atoms with Crippen LogP contribution in [0, 0.1) is 5.41 Å². The van der Waals surface area contributed by atoms with Gasteiger partial charge in [-0.25, -0.2) is 4.79 Å². The Hall–Kier alpha value is -2.70. The summed E-state index contributed by atoms with van der Waals surface area (Å²) < 4.78 is 4.88. The topological polar surface area (TPSA) is 90.0 Å². The number of amides is 2. The van der Waals surface area contributed by atoms with Crippen molar-refractivity contribution >= 4 is 23.8 Å². The van der Waals surface area contributed by atoms with Crippen LogP contribution in [0.5, 0.6) is 0 Å². The quantitative estimate of drug-likeness (QED) is 0.606. The Morgan fingerprint density at radius 1 is 1.09 bits per heavy atom. The van der Waals surface area contributed by atoms with Gasteiger partial charge in [-0.2, -0.15) is 0 Å². The molecule has 0 saturated carbocycles. The second-order valence-electron chi connectivity index (χ2n) is 5.69. The Bertz CT molecular complexity index is 644. The highest BCUT2D eigenvalue weighted by molar-refractivity contribution is 6.20. The second-order valence-corrected chi connectivity index (χ2v) is 5.69. The molecule has 0 radical (unpaired) electrons. The van der Waals surface area contributed by atoms with Crippen LogP contribution in [0.15, 0.2) is 24.3 Å². The molecule has 0 bridgehead atoms. The molecule has 23 heavy (non-hydrogen) atoms. The van der Waals surface area contributed by atoms with Crippen LogP contribution >= 0.6 is 0 Å². The number of carbonyl (C=O) groups excluding carboxylic acids is 4. The number of hydrogen-bond acceptors (Lipinski definition) is 6. The molecule has 0 aliphatic carbocycles. The lowest BCUT2D eigenvalue weighted by Crippen LogP contribution is -2.36. The van der Waals surface area contributed by atoms with E-state index < -0.39 is 29.2 Å². The second kappa shape index (κ2) is 6.20. The van der Waals surface area contributed by atoms with E-state index in [0.717, 1.165) is 0 Å². The third-order valence-corrected chi connectivity index (χ3v) is 3.36. The van der Waals surface area contributed by atoms with Crippen LogP contribution in [-0.4, -0.2) is 35.4 Å². The molecule has 1 aromatic rings. The molecule has 0 unspecified atom stereocenters. The van der Waals surface area contributed by atoms with E-state index in [2.05, 4.69) is 0 Å². The van der Waals surface area contributed by atoms with Gasteiger partial charge in [0.25, 0.3) is 11.8 Å². The van der Waals surface area contributed by atoms with E-state index in [0.29, 0.717) is 5.06 Å². The number of nitrogens with zero attached hydrogens (tertiary/aromatic N) is 1. The first-order valence-corrected chi connectivity index (χ1v) is 7.13. The van der Waals surface area contributed by atoms with E-state index in [1.165, 1.54) is 26.0 Å². The molecule has 1 aromatic carbocycles. The van der Waals surface area contributed by atoms with Gasteiger partial charge in [-0.15, -0.1) is 0 Å². The van der Waals surface area contributed by atoms with Crippen LogP contribution in [0.4, 0.5) is 0 Å². The highest BCUT2D eigenvalue weighted by atomic mass is 16.7. The molecule has 122 valence electrons. The summed E-state index contributed by atoms with van der Waals surface area (Å²) >= 11 is 0.